The highest BCUT2D eigenvalue weighted by molar-refractivity contribution is 7.89. The van der Waals surface area contributed by atoms with E-state index in [-0.39, 0.29) is 23.1 Å². The van der Waals surface area contributed by atoms with Gasteiger partial charge < -0.3 is 5.11 Å². The Morgan fingerprint density at radius 2 is 1.90 bits per heavy atom. The summed E-state index contributed by atoms with van der Waals surface area (Å²) in [5.41, 5.74) is 0.789. The molecule has 21 heavy (non-hydrogen) atoms. The quantitative estimate of drug-likeness (QED) is 0.797. The Morgan fingerprint density at radius 3 is 2.48 bits per heavy atom. The van der Waals surface area contributed by atoms with Gasteiger partial charge >= 0.3 is 0 Å². The van der Waals surface area contributed by atoms with Crippen LogP contribution in [0.15, 0.2) is 53.6 Å². The number of sulfonamides is 1. The van der Waals surface area contributed by atoms with Crippen molar-refractivity contribution in [2.45, 2.75) is 17.4 Å². The second-order valence-electron chi connectivity index (χ2n) is 4.41. The number of rotatable bonds is 6. The maximum absolute atomic E-state index is 12.3. The summed E-state index contributed by atoms with van der Waals surface area (Å²) in [5, 5.41) is 9.36. The van der Waals surface area contributed by atoms with Gasteiger partial charge in [0.05, 0.1) is 0 Å². The number of pyridine rings is 1. The molecule has 112 valence electrons. The summed E-state index contributed by atoms with van der Waals surface area (Å²) in [4.78, 5) is 3.80. The van der Waals surface area contributed by atoms with Crippen molar-refractivity contribution in [1.29, 1.82) is 0 Å². The molecular weight excluding hydrogens is 312 g/mol. The fourth-order valence-corrected chi connectivity index (χ4v) is 3.20. The number of aromatic nitrogens is 1. The highest BCUT2D eigenvalue weighted by atomic mass is 35.5. The van der Waals surface area contributed by atoms with Gasteiger partial charge in [-0.2, -0.15) is 0 Å². The molecule has 2 N–H and O–H groups in total. The molecule has 0 spiro atoms. The molecule has 0 saturated carbocycles. The van der Waals surface area contributed by atoms with Crippen LogP contribution in [0, 0.1) is 0 Å². The molecule has 0 aliphatic rings. The molecule has 0 fully saturated rings. The van der Waals surface area contributed by atoms with Crippen LogP contribution in [0.4, 0.5) is 0 Å². The zero-order valence-corrected chi connectivity index (χ0v) is 12.7. The minimum absolute atomic E-state index is 0.0331. The Bertz CT molecular complexity index is 675. The summed E-state index contributed by atoms with van der Waals surface area (Å²) in [6.07, 6.45) is 1.48. The number of hydrogen-bond donors (Lipinski definition) is 2. The first-order valence-corrected chi connectivity index (χ1v) is 8.19. The minimum atomic E-state index is -3.73. The molecule has 2 rings (SSSR count). The third-order valence-corrected chi connectivity index (χ3v) is 4.61. The molecule has 0 bridgehead atoms. The van der Waals surface area contributed by atoms with Crippen LogP contribution in [-0.2, 0) is 10.0 Å². The van der Waals surface area contributed by atoms with Crippen LogP contribution < -0.4 is 4.72 Å². The van der Waals surface area contributed by atoms with E-state index in [9.17, 15) is 8.42 Å². The number of halogens is 1. The lowest BCUT2D eigenvalue weighted by Gasteiger charge is -2.18. The van der Waals surface area contributed by atoms with Crippen LogP contribution in [0.3, 0.4) is 0 Å². The highest BCUT2D eigenvalue weighted by Crippen LogP contribution is 2.20. The number of nitrogens with one attached hydrogen (secondary N) is 1. The predicted molar refractivity (Wildman–Crippen MR) is 80.5 cm³/mol. The van der Waals surface area contributed by atoms with Gasteiger partial charge in [0.2, 0.25) is 10.0 Å². The Morgan fingerprint density at radius 1 is 1.19 bits per heavy atom. The number of aliphatic hydroxyl groups excluding tert-OH is 1. The summed E-state index contributed by atoms with van der Waals surface area (Å²) >= 11 is 5.65. The first-order chi connectivity index (χ1) is 10.0. The van der Waals surface area contributed by atoms with Crippen LogP contribution >= 0.6 is 11.6 Å². The van der Waals surface area contributed by atoms with E-state index in [0.717, 1.165) is 5.56 Å². The van der Waals surface area contributed by atoms with Gasteiger partial charge in [-0.3, -0.25) is 0 Å². The lowest BCUT2D eigenvalue weighted by Crippen LogP contribution is -2.29. The molecule has 5 nitrogen and oxygen atoms in total. The second kappa shape index (κ2) is 7.00. The summed E-state index contributed by atoms with van der Waals surface area (Å²) in [5.74, 6) is 0. The molecule has 7 heteroatoms. The van der Waals surface area contributed by atoms with Crippen LogP contribution in [0.1, 0.15) is 18.0 Å². The molecule has 1 atom stereocenters. The largest absolute Gasteiger partial charge is 0.396 e. The zero-order chi connectivity index (χ0) is 15.3. The van der Waals surface area contributed by atoms with Crippen molar-refractivity contribution in [2.24, 2.45) is 0 Å². The van der Waals surface area contributed by atoms with Gasteiger partial charge in [0.25, 0.3) is 0 Å². The summed E-state index contributed by atoms with van der Waals surface area (Å²) in [7, 11) is -3.73. The molecule has 2 aromatic rings. The monoisotopic (exact) mass is 326 g/mol. The molecule has 0 amide bonds. The van der Waals surface area contributed by atoms with Crippen molar-refractivity contribution in [1.82, 2.24) is 9.71 Å². The smallest absolute Gasteiger partial charge is 0.242 e. The summed E-state index contributed by atoms with van der Waals surface area (Å²) in [6, 6.07) is 11.4. The standard InChI is InChI=1S/C14H15ClN2O3S/c15-14-7-6-12(10-16-14)21(19,20)17-13(8-9-18)11-4-2-1-3-5-11/h1-7,10,13,17-18H,8-9H2/t13-/m1/s1. The maximum atomic E-state index is 12.3. The highest BCUT2D eigenvalue weighted by Gasteiger charge is 2.21. The van der Waals surface area contributed by atoms with Crippen LogP contribution in [0.2, 0.25) is 5.15 Å². The molecule has 1 heterocycles. The van der Waals surface area contributed by atoms with Crippen LogP contribution in [0.25, 0.3) is 0 Å². The van der Waals surface area contributed by atoms with E-state index in [4.69, 9.17) is 16.7 Å². The van der Waals surface area contributed by atoms with Gasteiger partial charge in [0.1, 0.15) is 10.0 Å². The van der Waals surface area contributed by atoms with Gasteiger partial charge in [-0.1, -0.05) is 41.9 Å². The molecule has 0 unspecified atom stereocenters. The molecule has 1 aromatic carbocycles. The fraction of sp³-hybridized carbons (Fsp3) is 0.214. The summed E-state index contributed by atoms with van der Waals surface area (Å²) < 4.78 is 27.2. The minimum Gasteiger partial charge on any atom is -0.396 e. The number of aliphatic hydroxyl groups is 1. The first kappa shape index (κ1) is 15.9. The van der Waals surface area contributed by atoms with E-state index in [1.54, 1.807) is 0 Å². The van der Waals surface area contributed by atoms with Crippen molar-refractivity contribution in [3.63, 3.8) is 0 Å². The Hall–Kier alpha value is -1.47. The average molecular weight is 327 g/mol. The Balaban J connectivity index is 2.25. The van der Waals surface area contributed by atoms with Crippen molar-refractivity contribution in [2.75, 3.05) is 6.61 Å². The summed E-state index contributed by atoms with van der Waals surface area (Å²) in [6.45, 7) is -0.124. The first-order valence-electron chi connectivity index (χ1n) is 6.32. The Kier molecular flexibility index (Phi) is 5.30. The van der Waals surface area contributed by atoms with E-state index in [0.29, 0.717) is 0 Å². The van der Waals surface area contributed by atoms with Crippen molar-refractivity contribution >= 4 is 21.6 Å². The zero-order valence-electron chi connectivity index (χ0n) is 11.1. The van der Waals surface area contributed by atoms with E-state index in [2.05, 4.69) is 9.71 Å². The topological polar surface area (TPSA) is 79.3 Å². The van der Waals surface area contributed by atoms with Gasteiger partial charge in [-0.05, 0) is 24.1 Å². The third-order valence-electron chi connectivity index (χ3n) is 2.93. The number of nitrogens with zero attached hydrogens (tertiary/aromatic N) is 1. The molecule has 0 saturated heterocycles. The lowest BCUT2D eigenvalue weighted by atomic mass is 10.1. The van der Waals surface area contributed by atoms with Gasteiger partial charge in [0.15, 0.2) is 0 Å². The van der Waals surface area contributed by atoms with E-state index < -0.39 is 16.1 Å². The third kappa shape index (κ3) is 4.25. The van der Waals surface area contributed by atoms with Crippen molar-refractivity contribution in [3.8, 4) is 0 Å². The maximum Gasteiger partial charge on any atom is 0.242 e. The second-order valence-corrected chi connectivity index (χ2v) is 6.51. The average Bonchev–Trinajstić information content (AvgIpc) is 2.48. The van der Waals surface area contributed by atoms with Gasteiger partial charge in [0, 0.05) is 18.8 Å². The van der Waals surface area contributed by atoms with E-state index >= 15 is 0 Å². The van der Waals surface area contributed by atoms with Crippen LogP contribution in [-0.4, -0.2) is 25.1 Å². The van der Waals surface area contributed by atoms with Gasteiger partial charge in [-0.25, -0.2) is 18.1 Å². The van der Waals surface area contributed by atoms with E-state index in [1.165, 1.54) is 18.3 Å². The SMILES string of the molecule is O=S(=O)(N[C@H](CCO)c1ccccc1)c1ccc(Cl)nc1. The number of hydrogen-bond acceptors (Lipinski definition) is 4. The normalized spacial score (nSPS) is 13.0. The molecule has 0 aliphatic heterocycles. The van der Waals surface area contributed by atoms with Gasteiger partial charge in [-0.15, -0.1) is 0 Å². The molecule has 1 aromatic heterocycles. The molecular formula is C14H15ClN2O3S. The molecule has 0 radical (unpaired) electrons. The molecule has 0 aliphatic carbocycles. The van der Waals surface area contributed by atoms with Crippen LogP contribution in [0.5, 0.6) is 0 Å². The fourth-order valence-electron chi connectivity index (χ4n) is 1.88. The Labute approximate surface area is 128 Å². The van der Waals surface area contributed by atoms with Crippen molar-refractivity contribution < 1.29 is 13.5 Å². The number of benzene rings is 1. The lowest BCUT2D eigenvalue weighted by molar-refractivity contribution is 0.272. The predicted octanol–water partition coefficient (Wildman–Crippen LogP) is 2.14. The van der Waals surface area contributed by atoms with Crippen molar-refractivity contribution in [3.05, 3.63) is 59.4 Å². The van der Waals surface area contributed by atoms with E-state index in [1.807, 2.05) is 30.3 Å².